The Morgan fingerprint density at radius 3 is 2.74 bits per heavy atom. The van der Waals surface area contributed by atoms with Crippen LogP contribution in [0.4, 0.5) is 10.3 Å². The van der Waals surface area contributed by atoms with E-state index in [0.29, 0.717) is 22.1 Å². The summed E-state index contributed by atoms with van der Waals surface area (Å²) in [5, 5.41) is 2.84. The molecule has 0 amide bonds. The molecule has 1 N–H and O–H groups in total. The van der Waals surface area contributed by atoms with Crippen LogP contribution < -0.4 is 10.1 Å². The first kappa shape index (κ1) is 14.0. The highest BCUT2D eigenvalue weighted by molar-refractivity contribution is 9.10. The summed E-state index contributed by atoms with van der Waals surface area (Å²) < 4.78 is 19.5. The van der Waals surface area contributed by atoms with Gasteiger partial charge >= 0.3 is 0 Å². The molecule has 4 nitrogen and oxygen atoms in total. The number of aryl methyl sites for hydroxylation is 1. The van der Waals surface area contributed by atoms with Crippen LogP contribution in [0.25, 0.3) is 0 Å². The highest BCUT2D eigenvalue weighted by Crippen LogP contribution is 2.33. The van der Waals surface area contributed by atoms with Gasteiger partial charge in [0.15, 0.2) is 0 Å². The highest BCUT2D eigenvalue weighted by Gasteiger charge is 2.10. The van der Waals surface area contributed by atoms with Crippen molar-refractivity contribution in [1.82, 2.24) is 9.97 Å². The largest absolute Gasteiger partial charge is 0.438 e. The van der Waals surface area contributed by atoms with Crippen LogP contribution >= 0.6 is 27.5 Å². The van der Waals surface area contributed by atoms with Crippen molar-refractivity contribution in [2.75, 3.05) is 12.4 Å². The molecule has 0 aliphatic heterocycles. The fraction of sp³-hybridized carbons (Fsp3) is 0.167. The molecule has 0 saturated carbocycles. The number of ether oxygens (including phenoxy) is 1. The second-order valence-corrected chi connectivity index (χ2v) is 4.98. The minimum Gasteiger partial charge on any atom is -0.438 e. The second kappa shape index (κ2) is 5.71. The van der Waals surface area contributed by atoms with E-state index >= 15 is 0 Å². The lowest BCUT2D eigenvalue weighted by Gasteiger charge is -2.09. The Bertz CT molecular complexity index is 624. The number of benzene rings is 1. The van der Waals surface area contributed by atoms with Crippen LogP contribution in [0.15, 0.2) is 22.7 Å². The maximum Gasteiger partial charge on any atom is 0.225 e. The number of hydrogen-bond donors (Lipinski definition) is 1. The van der Waals surface area contributed by atoms with Crippen LogP contribution in [0.5, 0.6) is 11.6 Å². The third-order valence-corrected chi connectivity index (χ3v) is 3.15. The number of aromatic nitrogens is 2. The van der Waals surface area contributed by atoms with Gasteiger partial charge in [-0.15, -0.1) is 0 Å². The maximum atomic E-state index is 13.4. The van der Waals surface area contributed by atoms with E-state index in [1.54, 1.807) is 13.1 Å². The van der Waals surface area contributed by atoms with Gasteiger partial charge < -0.3 is 10.1 Å². The molecule has 1 heterocycles. The predicted molar refractivity (Wildman–Crippen MR) is 75.5 cm³/mol. The number of halogens is 3. The molecule has 100 valence electrons. The summed E-state index contributed by atoms with van der Waals surface area (Å²) in [4.78, 5) is 8.26. The summed E-state index contributed by atoms with van der Waals surface area (Å²) in [7, 11) is 1.70. The molecule has 7 heteroatoms. The molecule has 0 aliphatic carbocycles. The monoisotopic (exact) mass is 345 g/mol. The lowest BCUT2D eigenvalue weighted by molar-refractivity contribution is 0.454. The first-order valence-corrected chi connectivity index (χ1v) is 6.52. The average Bonchev–Trinajstić information content (AvgIpc) is 2.35. The normalized spacial score (nSPS) is 10.4. The number of nitrogens with one attached hydrogen (secondary N) is 1. The van der Waals surface area contributed by atoms with E-state index in [1.165, 1.54) is 12.1 Å². The summed E-state index contributed by atoms with van der Waals surface area (Å²) in [6.07, 6.45) is 0. The molecule has 1 aromatic heterocycles. The molecular formula is C12H10BrClFN3O. The van der Waals surface area contributed by atoms with Crippen LogP contribution in [0.3, 0.4) is 0 Å². The lowest BCUT2D eigenvalue weighted by Crippen LogP contribution is -2.00. The lowest BCUT2D eigenvalue weighted by atomic mass is 10.3. The molecule has 0 spiro atoms. The van der Waals surface area contributed by atoms with Gasteiger partial charge in [-0.05, 0) is 28.9 Å². The van der Waals surface area contributed by atoms with Crippen molar-refractivity contribution in [3.05, 3.63) is 39.2 Å². The van der Waals surface area contributed by atoms with E-state index in [2.05, 4.69) is 31.2 Å². The molecule has 0 atom stereocenters. The number of anilines is 1. The Labute approximate surface area is 123 Å². The number of hydrogen-bond acceptors (Lipinski definition) is 4. The molecule has 2 aromatic rings. The Hall–Kier alpha value is -1.40. The summed E-state index contributed by atoms with van der Waals surface area (Å²) in [5.41, 5.74) is 0.736. The SMILES string of the molecule is CNc1nc(C)cc(Oc2cc(F)c(Cl)cc2Br)n1. The zero-order valence-corrected chi connectivity index (χ0v) is 12.5. The van der Waals surface area contributed by atoms with Crippen molar-refractivity contribution in [2.45, 2.75) is 6.92 Å². The number of nitrogens with zero attached hydrogens (tertiary/aromatic N) is 2. The van der Waals surface area contributed by atoms with Crippen molar-refractivity contribution in [3.63, 3.8) is 0 Å². The molecule has 19 heavy (non-hydrogen) atoms. The molecule has 0 saturated heterocycles. The van der Waals surface area contributed by atoms with Crippen LogP contribution in [0.1, 0.15) is 5.69 Å². The third kappa shape index (κ3) is 3.33. The summed E-state index contributed by atoms with van der Waals surface area (Å²) >= 11 is 8.92. The molecule has 0 bridgehead atoms. The van der Waals surface area contributed by atoms with Gasteiger partial charge in [0.05, 0.1) is 9.50 Å². The van der Waals surface area contributed by atoms with Crippen molar-refractivity contribution < 1.29 is 9.13 Å². The molecule has 0 aliphatic rings. The molecule has 0 unspecified atom stereocenters. The van der Waals surface area contributed by atoms with Crippen molar-refractivity contribution >= 4 is 33.5 Å². The van der Waals surface area contributed by atoms with Gasteiger partial charge in [-0.25, -0.2) is 9.37 Å². The molecule has 2 rings (SSSR count). The predicted octanol–water partition coefficient (Wildman–Crippen LogP) is 4.17. The van der Waals surface area contributed by atoms with E-state index in [9.17, 15) is 4.39 Å². The molecule has 0 radical (unpaired) electrons. The minimum atomic E-state index is -0.556. The van der Waals surface area contributed by atoms with E-state index < -0.39 is 5.82 Å². The first-order valence-electron chi connectivity index (χ1n) is 5.35. The van der Waals surface area contributed by atoms with Gasteiger partial charge in [0.25, 0.3) is 0 Å². The zero-order chi connectivity index (χ0) is 14.0. The van der Waals surface area contributed by atoms with Crippen LogP contribution in [-0.4, -0.2) is 17.0 Å². The fourth-order valence-electron chi connectivity index (χ4n) is 1.40. The molecular weight excluding hydrogens is 337 g/mol. The Kier molecular flexibility index (Phi) is 4.21. The highest BCUT2D eigenvalue weighted by atomic mass is 79.9. The van der Waals surface area contributed by atoms with Crippen molar-refractivity contribution in [3.8, 4) is 11.6 Å². The van der Waals surface area contributed by atoms with Gasteiger partial charge in [0, 0.05) is 24.9 Å². The second-order valence-electron chi connectivity index (χ2n) is 3.72. The molecule has 0 fully saturated rings. The van der Waals surface area contributed by atoms with E-state index in [0.717, 1.165) is 5.69 Å². The van der Waals surface area contributed by atoms with E-state index in [4.69, 9.17) is 16.3 Å². The third-order valence-electron chi connectivity index (χ3n) is 2.24. The topological polar surface area (TPSA) is 47.0 Å². The first-order chi connectivity index (χ1) is 8.99. The van der Waals surface area contributed by atoms with Gasteiger partial charge in [-0.3, -0.25) is 0 Å². The Morgan fingerprint density at radius 2 is 2.05 bits per heavy atom. The zero-order valence-electron chi connectivity index (χ0n) is 10.2. The smallest absolute Gasteiger partial charge is 0.225 e. The van der Waals surface area contributed by atoms with Crippen LogP contribution in [0, 0.1) is 12.7 Å². The van der Waals surface area contributed by atoms with Crippen molar-refractivity contribution in [1.29, 1.82) is 0 Å². The number of rotatable bonds is 3. The summed E-state index contributed by atoms with van der Waals surface area (Å²) in [5.74, 6) is 0.487. The van der Waals surface area contributed by atoms with E-state index in [1.807, 2.05) is 6.92 Å². The summed E-state index contributed by atoms with van der Waals surface area (Å²) in [6, 6.07) is 4.28. The maximum absolute atomic E-state index is 13.4. The Morgan fingerprint density at radius 1 is 1.32 bits per heavy atom. The van der Waals surface area contributed by atoms with Gasteiger partial charge in [-0.2, -0.15) is 4.98 Å². The average molecular weight is 347 g/mol. The Balaban J connectivity index is 2.36. The van der Waals surface area contributed by atoms with Crippen molar-refractivity contribution in [2.24, 2.45) is 0 Å². The quantitative estimate of drug-likeness (QED) is 0.847. The standard InChI is InChI=1S/C12H10BrClFN3O/c1-6-3-11(18-12(16-2)17-6)19-10-5-9(15)8(14)4-7(10)13/h3-5H,1-2H3,(H,16,17,18). The van der Waals surface area contributed by atoms with Gasteiger partial charge in [-0.1, -0.05) is 11.6 Å². The van der Waals surface area contributed by atoms with Crippen LogP contribution in [0.2, 0.25) is 5.02 Å². The summed E-state index contributed by atoms with van der Waals surface area (Å²) in [6.45, 7) is 1.81. The van der Waals surface area contributed by atoms with Gasteiger partial charge in [0.2, 0.25) is 11.8 Å². The fourth-order valence-corrected chi connectivity index (χ4v) is 2.12. The van der Waals surface area contributed by atoms with Gasteiger partial charge in [0.1, 0.15) is 11.6 Å². The van der Waals surface area contributed by atoms with E-state index in [-0.39, 0.29) is 5.02 Å². The van der Waals surface area contributed by atoms with Crippen LogP contribution in [-0.2, 0) is 0 Å². The molecule has 1 aromatic carbocycles. The minimum absolute atomic E-state index is 0.0222.